The molecule has 3 aliphatic rings. The highest BCUT2D eigenvalue weighted by Crippen LogP contribution is 2.63. The van der Waals surface area contributed by atoms with Gasteiger partial charge in [0, 0.05) is 6.42 Å². The van der Waals surface area contributed by atoms with Crippen LogP contribution < -0.4 is 0 Å². The number of rotatable bonds is 8. The third-order valence-corrected chi connectivity index (χ3v) is 13.7. The largest absolute Gasteiger partial charge is 0.410 e. The highest BCUT2D eigenvalue weighted by molar-refractivity contribution is 6.73. The van der Waals surface area contributed by atoms with Gasteiger partial charge in [-0.2, -0.15) is 0 Å². The molecule has 0 radical (unpaired) electrons. The molecule has 0 bridgehead atoms. The second kappa shape index (κ2) is 8.84. The van der Waals surface area contributed by atoms with Crippen molar-refractivity contribution in [2.24, 2.45) is 22.7 Å². The van der Waals surface area contributed by atoms with Crippen LogP contribution in [0.2, 0.25) is 18.1 Å². The molecule has 1 heterocycles. The van der Waals surface area contributed by atoms with Gasteiger partial charge in [0.2, 0.25) is 0 Å². The van der Waals surface area contributed by atoms with Gasteiger partial charge in [0.15, 0.2) is 14.1 Å². The zero-order chi connectivity index (χ0) is 22.2. The van der Waals surface area contributed by atoms with Crippen LogP contribution in [-0.2, 0) is 13.9 Å². The fourth-order valence-electron chi connectivity index (χ4n) is 6.63. The van der Waals surface area contributed by atoms with Gasteiger partial charge in [-0.15, -0.1) is 6.58 Å². The summed E-state index contributed by atoms with van der Waals surface area (Å²) in [6.45, 7) is 22.1. The Hall–Kier alpha value is -0.423. The second-order valence-corrected chi connectivity index (χ2v) is 15.7. The summed E-state index contributed by atoms with van der Waals surface area (Å²) >= 11 is 0. The zero-order valence-corrected chi connectivity index (χ0v) is 21.7. The Labute approximate surface area is 186 Å². The van der Waals surface area contributed by atoms with Gasteiger partial charge >= 0.3 is 0 Å². The molecule has 0 N–H and O–H groups in total. The van der Waals surface area contributed by atoms with E-state index >= 15 is 0 Å². The predicted octanol–water partition coefficient (Wildman–Crippen LogP) is 7.10. The maximum Gasteiger partial charge on any atom is 0.192 e. The molecule has 2 fully saturated rings. The molecular formula is C26H46O3Si. The molecule has 1 saturated heterocycles. The quantitative estimate of drug-likeness (QED) is 0.301. The van der Waals surface area contributed by atoms with Crippen molar-refractivity contribution in [1.29, 1.82) is 0 Å². The summed E-state index contributed by atoms with van der Waals surface area (Å²) < 4.78 is 20.0. The molecule has 3 nitrogen and oxygen atoms in total. The van der Waals surface area contributed by atoms with Crippen LogP contribution in [0.15, 0.2) is 24.3 Å². The van der Waals surface area contributed by atoms with Gasteiger partial charge in [-0.1, -0.05) is 60.6 Å². The summed E-state index contributed by atoms with van der Waals surface area (Å²) in [7, 11) is -1.76. The van der Waals surface area contributed by atoms with Crippen LogP contribution in [0.5, 0.6) is 0 Å². The molecule has 4 atom stereocenters. The van der Waals surface area contributed by atoms with Crippen molar-refractivity contribution in [3.8, 4) is 0 Å². The van der Waals surface area contributed by atoms with Gasteiger partial charge in [-0.05, 0) is 65.6 Å². The lowest BCUT2D eigenvalue weighted by Crippen LogP contribution is -2.45. The summed E-state index contributed by atoms with van der Waals surface area (Å²) in [5.74, 6) is 0.641. The van der Waals surface area contributed by atoms with Crippen molar-refractivity contribution in [2.45, 2.75) is 104 Å². The Morgan fingerprint density at radius 1 is 1.13 bits per heavy atom. The van der Waals surface area contributed by atoms with Crippen molar-refractivity contribution in [3.63, 3.8) is 0 Å². The average molecular weight is 435 g/mol. The molecule has 4 heteroatoms. The molecule has 0 aromatic heterocycles. The van der Waals surface area contributed by atoms with Gasteiger partial charge in [0.25, 0.3) is 0 Å². The van der Waals surface area contributed by atoms with E-state index in [0.717, 1.165) is 19.3 Å². The highest BCUT2D eigenvalue weighted by atomic mass is 28.4. The Morgan fingerprint density at radius 2 is 1.73 bits per heavy atom. The van der Waals surface area contributed by atoms with Crippen molar-refractivity contribution in [3.05, 3.63) is 24.3 Å². The molecule has 30 heavy (non-hydrogen) atoms. The Morgan fingerprint density at radius 3 is 2.23 bits per heavy atom. The maximum absolute atomic E-state index is 7.23. The number of hydrogen-bond donors (Lipinski definition) is 0. The van der Waals surface area contributed by atoms with E-state index in [0.29, 0.717) is 25.0 Å². The monoisotopic (exact) mass is 434 g/mol. The van der Waals surface area contributed by atoms with Crippen LogP contribution in [0.4, 0.5) is 0 Å². The van der Waals surface area contributed by atoms with E-state index in [1.165, 1.54) is 30.1 Å². The Kier molecular flexibility index (Phi) is 7.14. The lowest BCUT2D eigenvalue weighted by Gasteiger charge is -2.42. The standard InChI is InChI=1S/C26H46O3Si/c1-9-13-24(7)14-15-25(8)21(20(5)6)19-26(27-16-17-28-26)22(25)18-23(24)29-30(10-2,11-3)12-4/h9,18,20-21,23H,1,10-17,19H2,2-8H3/t21-,23?,24+,25-/m1/s1. The topological polar surface area (TPSA) is 27.7 Å². The Balaban J connectivity index is 2.13. The predicted molar refractivity (Wildman–Crippen MR) is 128 cm³/mol. The number of hydrogen-bond acceptors (Lipinski definition) is 3. The molecule has 2 aliphatic carbocycles. The first-order chi connectivity index (χ1) is 14.1. The summed E-state index contributed by atoms with van der Waals surface area (Å²) in [6, 6.07) is 3.52. The molecule has 1 spiro atoms. The van der Waals surface area contributed by atoms with Crippen molar-refractivity contribution >= 4 is 8.32 Å². The highest BCUT2D eigenvalue weighted by Gasteiger charge is 2.61. The first kappa shape index (κ1) is 24.2. The molecule has 0 aromatic carbocycles. The van der Waals surface area contributed by atoms with Crippen LogP contribution in [-0.4, -0.2) is 33.4 Å². The summed E-state index contributed by atoms with van der Waals surface area (Å²) in [6.07, 6.45) is 8.99. The minimum Gasteiger partial charge on any atom is -0.410 e. The van der Waals surface area contributed by atoms with Gasteiger partial charge in [0.05, 0.1) is 19.3 Å². The van der Waals surface area contributed by atoms with Crippen molar-refractivity contribution in [2.75, 3.05) is 13.2 Å². The lowest BCUT2D eigenvalue weighted by atomic mass is 9.68. The molecule has 0 aromatic rings. The van der Waals surface area contributed by atoms with Gasteiger partial charge in [-0.25, -0.2) is 0 Å². The minimum atomic E-state index is -1.76. The third kappa shape index (κ3) is 3.91. The molecular weight excluding hydrogens is 388 g/mol. The fourth-order valence-corrected chi connectivity index (χ4v) is 9.52. The molecule has 3 rings (SSSR count). The number of ether oxygens (including phenoxy) is 2. The van der Waals surface area contributed by atoms with Crippen molar-refractivity contribution in [1.82, 2.24) is 0 Å². The van der Waals surface area contributed by atoms with E-state index in [2.05, 4.69) is 67.2 Å². The molecule has 1 unspecified atom stereocenters. The van der Waals surface area contributed by atoms with Crippen LogP contribution in [0.1, 0.15) is 74.1 Å². The summed E-state index contributed by atoms with van der Waals surface area (Å²) in [4.78, 5) is 0. The zero-order valence-electron chi connectivity index (χ0n) is 20.7. The van der Waals surface area contributed by atoms with Crippen LogP contribution >= 0.6 is 0 Å². The molecule has 1 saturated carbocycles. The third-order valence-electron chi connectivity index (χ3n) is 9.03. The summed E-state index contributed by atoms with van der Waals surface area (Å²) in [5.41, 5.74) is 1.56. The van der Waals surface area contributed by atoms with E-state index < -0.39 is 14.1 Å². The smallest absolute Gasteiger partial charge is 0.192 e. The fraction of sp³-hybridized carbons (Fsp3) is 0.846. The van der Waals surface area contributed by atoms with E-state index in [-0.39, 0.29) is 16.9 Å². The number of allylic oxidation sites excluding steroid dienone is 1. The van der Waals surface area contributed by atoms with Gasteiger partial charge < -0.3 is 13.9 Å². The molecule has 172 valence electrons. The van der Waals surface area contributed by atoms with Crippen molar-refractivity contribution < 1.29 is 13.9 Å². The number of fused-ring (bicyclic) bond motifs is 2. The minimum absolute atomic E-state index is 0.0706. The van der Waals surface area contributed by atoms with Gasteiger partial charge in [-0.3, -0.25) is 0 Å². The van der Waals surface area contributed by atoms with E-state index in [4.69, 9.17) is 13.9 Å². The van der Waals surface area contributed by atoms with Gasteiger partial charge in [0.1, 0.15) is 0 Å². The SMILES string of the molecule is C=CC[C@@]1(C)CC[C@@]2(C)C(=CC1O[Si](CC)(CC)CC)C1(C[C@@H]2C(C)C)OCCO1. The van der Waals surface area contributed by atoms with E-state index in [1.807, 2.05) is 0 Å². The van der Waals surface area contributed by atoms with Crippen LogP contribution in [0.25, 0.3) is 0 Å². The summed E-state index contributed by atoms with van der Waals surface area (Å²) in [5, 5.41) is 0. The maximum atomic E-state index is 7.23. The molecule has 1 aliphatic heterocycles. The first-order valence-electron chi connectivity index (χ1n) is 12.4. The van der Waals surface area contributed by atoms with Crippen LogP contribution in [0.3, 0.4) is 0 Å². The second-order valence-electron chi connectivity index (χ2n) is 10.9. The average Bonchev–Trinajstić information content (AvgIpc) is 3.26. The van der Waals surface area contributed by atoms with Crippen LogP contribution in [0, 0.1) is 22.7 Å². The van der Waals surface area contributed by atoms with E-state index in [9.17, 15) is 0 Å². The normalized spacial score (nSPS) is 36.1. The first-order valence-corrected chi connectivity index (χ1v) is 15.0. The Bertz CT molecular complexity index is 638. The molecule has 0 amide bonds. The van der Waals surface area contributed by atoms with E-state index in [1.54, 1.807) is 0 Å². The lowest BCUT2D eigenvalue weighted by molar-refractivity contribution is -0.126.